The van der Waals surface area contributed by atoms with Gasteiger partial charge in [0.15, 0.2) is 9.84 Å². The molecule has 3 aliphatic heterocycles. The van der Waals surface area contributed by atoms with E-state index in [2.05, 4.69) is 5.10 Å². The number of ether oxygens (including phenoxy) is 2. The Morgan fingerprint density at radius 1 is 1.31 bits per heavy atom. The Morgan fingerprint density at radius 2 is 2.16 bits per heavy atom. The highest BCUT2D eigenvalue weighted by molar-refractivity contribution is 7.91. The predicted molar refractivity (Wildman–Crippen MR) is 118 cm³/mol. The van der Waals surface area contributed by atoms with Crippen LogP contribution in [0.2, 0.25) is 0 Å². The number of hydrogen-bond acceptors (Lipinski definition) is 7. The maximum atomic E-state index is 13.5. The fraction of sp³-hybridized carbons (Fsp3) is 0.591. The molecule has 1 aromatic carbocycles. The molecule has 32 heavy (non-hydrogen) atoms. The molecule has 0 bridgehead atoms. The van der Waals surface area contributed by atoms with Gasteiger partial charge in [0.05, 0.1) is 30.8 Å². The van der Waals surface area contributed by atoms with Crippen LogP contribution in [-0.4, -0.2) is 79.8 Å². The van der Waals surface area contributed by atoms with Crippen LogP contribution in [0.5, 0.6) is 5.75 Å². The molecule has 3 aliphatic rings. The minimum absolute atomic E-state index is 0.0357. The number of amides is 2. The normalized spacial score (nSPS) is 25.0. The number of carbonyl (C=O) groups is 2. The Balaban J connectivity index is 1.55. The van der Waals surface area contributed by atoms with Crippen LogP contribution >= 0.6 is 0 Å². The molecule has 2 amide bonds. The van der Waals surface area contributed by atoms with Gasteiger partial charge in [0, 0.05) is 32.5 Å². The molecular weight excluding hydrogens is 434 g/mol. The van der Waals surface area contributed by atoms with E-state index in [-0.39, 0.29) is 48.0 Å². The molecule has 174 valence electrons. The number of nitrogens with zero attached hydrogens (tertiary/aromatic N) is 3. The van der Waals surface area contributed by atoms with Crippen molar-refractivity contribution >= 4 is 27.4 Å². The van der Waals surface area contributed by atoms with Crippen molar-refractivity contribution in [1.82, 2.24) is 9.91 Å². The van der Waals surface area contributed by atoms with Gasteiger partial charge in [-0.15, -0.1) is 0 Å². The van der Waals surface area contributed by atoms with E-state index in [1.54, 1.807) is 12.0 Å². The Morgan fingerprint density at radius 3 is 2.84 bits per heavy atom. The number of rotatable bonds is 7. The molecular formula is C22H29N3O6S. The fourth-order valence-corrected chi connectivity index (χ4v) is 6.10. The maximum Gasteiger partial charge on any atom is 0.270 e. The summed E-state index contributed by atoms with van der Waals surface area (Å²) in [5.41, 5.74) is 1.21. The van der Waals surface area contributed by atoms with Crippen LogP contribution < -0.4 is 4.74 Å². The van der Waals surface area contributed by atoms with Gasteiger partial charge in [0.2, 0.25) is 5.91 Å². The minimum atomic E-state index is -3.17. The first-order valence-corrected chi connectivity index (χ1v) is 12.8. The standard InChI is InChI=1S/C22H29N3O6S/c1-30-18-5-2-4-16(12-18)13-24(14-19-6-3-10-31-19)22(27)20-7-8-21(26)25(23-20)17-9-11-32(28,29)15-17/h2,4-5,12,17,19H,3,6-11,13-15H2,1H3/t17-,19+/m0/s1. The molecule has 4 rings (SSSR count). The van der Waals surface area contributed by atoms with Gasteiger partial charge in [0.1, 0.15) is 11.5 Å². The monoisotopic (exact) mass is 463 g/mol. The zero-order valence-corrected chi connectivity index (χ0v) is 19.1. The van der Waals surface area contributed by atoms with Crippen molar-refractivity contribution < 1.29 is 27.5 Å². The summed E-state index contributed by atoms with van der Waals surface area (Å²) in [4.78, 5) is 27.6. The summed E-state index contributed by atoms with van der Waals surface area (Å²) in [7, 11) is -1.58. The van der Waals surface area contributed by atoms with E-state index in [0.717, 1.165) is 18.4 Å². The van der Waals surface area contributed by atoms with Crippen LogP contribution in [0.15, 0.2) is 29.4 Å². The van der Waals surface area contributed by atoms with Crippen LogP contribution in [0.1, 0.15) is 37.7 Å². The number of carbonyl (C=O) groups excluding carboxylic acids is 2. The lowest BCUT2D eigenvalue weighted by Gasteiger charge is -2.31. The second-order valence-electron chi connectivity index (χ2n) is 8.51. The van der Waals surface area contributed by atoms with Crippen LogP contribution in [0.4, 0.5) is 0 Å². The quantitative estimate of drug-likeness (QED) is 0.605. The van der Waals surface area contributed by atoms with Gasteiger partial charge >= 0.3 is 0 Å². The van der Waals surface area contributed by atoms with E-state index < -0.39 is 15.9 Å². The molecule has 2 fully saturated rings. The summed E-state index contributed by atoms with van der Waals surface area (Å²) in [6.07, 6.45) is 2.56. The fourth-order valence-electron chi connectivity index (χ4n) is 4.41. The zero-order chi connectivity index (χ0) is 22.7. The number of methoxy groups -OCH3 is 1. The van der Waals surface area contributed by atoms with Crippen molar-refractivity contribution in [1.29, 1.82) is 0 Å². The van der Waals surface area contributed by atoms with E-state index in [0.29, 0.717) is 31.9 Å². The van der Waals surface area contributed by atoms with Gasteiger partial charge in [-0.1, -0.05) is 12.1 Å². The Bertz CT molecular complexity index is 1000. The first-order chi connectivity index (χ1) is 15.3. The second kappa shape index (κ2) is 9.58. The number of benzene rings is 1. The van der Waals surface area contributed by atoms with Crippen molar-refractivity contribution in [2.75, 3.05) is 31.8 Å². The third-order valence-corrected chi connectivity index (χ3v) is 7.85. The van der Waals surface area contributed by atoms with Gasteiger partial charge in [-0.2, -0.15) is 5.10 Å². The van der Waals surface area contributed by atoms with Gasteiger partial charge < -0.3 is 14.4 Å². The Labute approximate surface area is 188 Å². The van der Waals surface area contributed by atoms with Crippen molar-refractivity contribution in [3.63, 3.8) is 0 Å². The maximum absolute atomic E-state index is 13.5. The molecule has 2 saturated heterocycles. The molecule has 0 unspecified atom stereocenters. The topological polar surface area (TPSA) is 106 Å². The summed E-state index contributed by atoms with van der Waals surface area (Å²) in [5, 5.41) is 5.59. The van der Waals surface area contributed by atoms with E-state index in [9.17, 15) is 18.0 Å². The number of sulfone groups is 1. The van der Waals surface area contributed by atoms with Crippen LogP contribution in [0, 0.1) is 0 Å². The zero-order valence-electron chi connectivity index (χ0n) is 18.2. The molecule has 9 nitrogen and oxygen atoms in total. The van der Waals surface area contributed by atoms with Crippen molar-refractivity contribution in [2.24, 2.45) is 5.10 Å². The number of hydrazone groups is 1. The summed E-state index contributed by atoms with van der Waals surface area (Å²) in [5.74, 6) is 0.166. The van der Waals surface area contributed by atoms with Crippen LogP contribution in [-0.2, 0) is 30.7 Å². The SMILES string of the molecule is COc1cccc(CN(C[C@H]2CCCO2)C(=O)C2=NN([C@H]3CCS(=O)(=O)C3)C(=O)CC2)c1. The van der Waals surface area contributed by atoms with Gasteiger partial charge in [-0.25, -0.2) is 13.4 Å². The van der Waals surface area contributed by atoms with Crippen LogP contribution in [0.3, 0.4) is 0 Å². The van der Waals surface area contributed by atoms with Gasteiger partial charge in [-0.3, -0.25) is 9.59 Å². The summed E-state index contributed by atoms with van der Waals surface area (Å²) >= 11 is 0. The molecule has 2 atom stereocenters. The first kappa shape index (κ1) is 22.7. The Hall–Kier alpha value is -2.46. The lowest BCUT2D eigenvalue weighted by molar-refractivity contribution is -0.134. The lowest BCUT2D eigenvalue weighted by Crippen LogP contribution is -2.46. The average Bonchev–Trinajstić information content (AvgIpc) is 3.42. The van der Waals surface area contributed by atoms with Gasteiger partial charge in [-0.05, 0) is 37.0 Å². The molecule has 0 saturated carbocycles. The van der Waals surface area contributed by atoms with E-state index in [1.807, 2.05) is 24.3 Å². The molecule has 3 heterocycles. The molecule has 0 spiro atoms. The molecule has 0 aromatic heterocycles. The second-order valence-corrected chi connectivity index (χ2v) is 10.7. The largest absolute Gasteiger partial charge is 0.497 e. The molecule has 10 heteroatoms. The molecule has 0 aliphatic carbocycles. The Kier molecular flexibility index (Phi) is 6.80. The highest BCUT2D eigenvalue weighted by Gasteiger charge is 2.38. The smallest absolute Gasteiger partial charge is 0.270 e. The van der Waals surface area contributed by atoms with E-state index in [1.165, 1.54) is 5.01 Å². The van der Waals surface area contributed by atoms with Crippen molar-refractivity contribution in [2.45, 2.75) is 50.8 Å². The number of hydrogen-bond donors (Lipinski definition) is 0. The van der Waals surface area contributed by atoms with Crippen molar-refractivity contribution in [3.05, 3.63) is 29.8 Å². The molecule has 0 radical (unpaired) electrons. The van der Waals surface area contributed by atoms with Crippen molar-refractivity contribution in [3.8, 4) is 5.75 Å². The lowest BCUT2D eigenvalue weighted by atomic mass is 10.1. The van der Waals surface area contributed by atoms with Crippen LogP contribution in [0.25, 0.3) is 0 Å². The molecule has 0 N–H and O–H groups in total. The predicted octanol–water partition coefficient (Wildman–Crippen LogP) is 1.37. The van der Waals surface area contributed by atoms with E-state index >= 15 is 0 Å². The third kappa shape index (κ3) is 5.29. The highest BCUT2D eigenvalue weighted by Crippen LogP contribution is 2.24. The summed E-state index contributed by atoms with van der Waals surface area (Å²) in [6, 6.07) is 7.04. The first-order valence-electron chi connectivity index (χ1n) is 11.0. The third-order valence-electron chi connectivity index (χ3n) is 6.10. The van der Waals surface area contributed by atoms with E-state index in [4.69, 9.17) is 9.47 Å². The summed E-state index contributed by atoms with van der Waals surface area (Å²) < 4.78 is 34.8. The summed E-state index contributed by atoms with van der Waals surface area (Å²) in [6.45, 7) is 1.48. The highest BCUT2D eigenvalue weighted by atomic mass is 32.2. The molecule has 1 aromatic rings. The van der Waals surface area contributed by atoms with Gasteiger partial charge in [0.25, 0.3) is 5.91 Å². The minimum Gasteiger partial charge on any atom is -0.497 e. The average molecular weight is 464 g/mol.